The molecule has 2 atom stereocenters. The fourth-order valence-corrected chi connectivity index (χ4v) is 3.73. The van der Waals surface area contributed by atoms with Crippen molar-refractivity contribution in [2.75, 3.05) is 18.8 Å². The Bertz CT molecular complexity index is 678. The minimum Gasteiger partial charge on any atom is -0.354 e. The van der Waals surface area contributed by atoms with Crippen LogP contribution in [0.5, 0.6) is 0 Å². The molecule has 23 heavy (non-hydrogen) atoms. The maximum absolute atomic E-state index is 13.0. The highest BCUT2D eigenvalue weighted by molar-refractivity contribution is 8.00. The van der Waals surface area contributed by atoms with Crippen molar-refractivity contribution in [2.24, 2.45) is 7.05 Å². The molecule has 1 aromatic heterocycles. The number of hydrogen-bond donors (Lipinski definition) is 2. The van der Waals surface area contributed by atoms with Gasteiger partial charge in [-0.1, -0.05) is 18.2 Å². The summed E-state index contributed by atoms with van der Waals surface area (Å²) >= 11 is 1.53. The Kier molecular flexibility index (Phi) is 6.33. The molecule has 1 aliphatic rings. The number of aryl methyl sites for hydroxylation is 1. The lowest BCUT2D eigenvalue weighted by molar-refractivity contribution is -0.118. The van der Waals surface area contributed by atoms with Crippen molar-refractivity contribution < 1.29 is 9.18 Å². The number of benzene rings is 1. The summed E-state index contributed by atoms with van der Waals surface area (Å²) in [7, 11) is 2.01. The highest BCUT2D eigenvalue weighted by Gasteiger charge is 2.23. The summed E-state index contributed by atoms with van der Waals surface area (Å²) in [4.78, 5) is 13.0. The number of alkyl halides is 1. The molecule has 126 valence electrons. The Balaban J connectivity index is 0.00000192. The largest absolute Gasteiger partial charge is 0.354 e. The maximum Gasteiger partial charge on any atom is 0.230 e. The van der Waals surface area contributed by atoms with Gasteiger partial charge in [0.25, 0.3) is 0 Å². The van der Waals surface area contributed by atoms with E-state index >= 15 is 0 Å². The van der Waals surface area contributed by atoms with Gasteiger partial charge in [0.1, 0.15) is 6.17 Å². The molecule has 0 aliphatic carbocycles. The first kappa shape index (κ1) is 18.1. The number of carbonyl (C=O) groups excluding carboxylic acids is 1. The molecular formula is C16H21ClFN3OS. The molecule has 1 amide bonds. The Morgan fingerprint density at radius 2 is 2.26 bits per heavy atom. The van der Waals surface area contributed by atoms with Crippen molar-refractivity contribution in [3.8, 4) is 0 Å². The van der Waals surface area contributed by atoms with Crippen molar-refractivity contribution in [2.45, 2.75) is 23.5 Å². The Morgan fingerprint density at radius 3 is 3.00 bits per heavy atom. The van der Waals surface area contributed by atoms with Gasteiger partial charge in [-0.25, -0.2) is 4.39 Å². The van der Waals surface area contributed by atoms with Gasteiger partial charge in [0.15, 0.2) is 0 Å². The molecule has 0 bridgehead atoms. The highest BCUT2D eigenvalue weighted by Crippen LogP contribution is 2.29. The summed E-state index contributed by atoms with van der Waals surface area (Å²) < 4.78 is 15.1. The van der Waals surface area contributed by atoms with Crippen LogP contribution >= 0.6 is 24.2 Å². The molecule has 1 aromatic carbocycles. The van der Waals surface area contributed by atoms with Crippen LogP contribution in [0, 0.1) is 0 Å². The quantitative estimate of drug-likeness (QED) is 0.808. The predicted molar refractivity (Wildman–Crippen MR) is 95.2 cm³/mol. The van der Waals surface area contributed by atoms with E-state index in [9.17, 15) is 9.18 Å². The fraction of sp³-hybridized carbons (Fsp3) is 0.438. The lowest BCUT2D eigenvalue weighted by atomic mass is 10.2. The maximum atomic E-state index is 13.0. The molecule has 1 saturated heterocycles. The van der Waals surface area contributed by atoms with Gasteiger partial charge in [-0.15, -0.1) is 24.2 Å². The standard InChI is InChI=1S/C16H20FN3OS.ClH/c1-20-9-15(13-4-2-3-5-14(13)20)22-10-16(21)19-8-12-6-11(17)7-18-12;/h2-5,9,11-12,18H,6-8,10H2,1H3,(H,19,21);1H/t11-,12-;/m0./s1. The average Bonchev–Trinajstić information content (AvgIpc) is 3.07. The van der Waals surface area contributed by atoms with Crippen LogP contribution in [0.25, 0.3) is 10.9 Å². The number of nitrogens with one attached hydrogen (secondary N) is 2. The van der Waals surface area contributed by atoms with E-state index in [0.29, 0.717) is 25.3 Å². The summed E-state index contributed by atoms with van der Waals surface area (Å²) in [5.74, 6) is 0.363. The zero-order valence-electron chi connectivity index (χ0n) is 12.9. The van der Waals surface area contributed by atoms with E-state index in [1.54, 1.807) is 0 Å². The van der Waals surface area contributed by atoms with Gasteiger partial charge in [-0.2, -0.15) is 0 Å². The van der Waals surface area contributed by atoms with E-state index in [2.05, 4.69) is 33.5 Å². The normalized spacial score (nSPS) is 20.4. The number of aromatic nitrogens is 1. The van der Waals surface area contributed by atoms with Crippen molar-refractivity contribution in [1.82, 2.24) is 15.2 Å². The lowest BCUT2D eigenvalue weighted by Gasteiger charge is -2.10. The molecule has 1 fully saturated rings. The summed E-state index contributed by atoms with van der Waals surface area (Å²) in [5.41, 5.74) is 1.16. The van der Waals surface area contributed by atoms with Gasteiger partial charge < -0.3 is 15.2 Å². The number of para-hydroxylation sites is 1. The Morgan fingerprint density at radius 1 is 1.48 bits per heavy atom. The first-order valence-corrected chi connectivity index (χ1v) is 8.43. The van der Waals surface area contributed by atoms with E-state index in [-0.39, 0.29) is 24.4 Å². The van der Waals surface area contributed by atoms with Crippen LogP contribution < -0.4 is 10.6 Å². The molecule has 1 aliphatic heterocycles. The molecule has 4 nitrogen and oxygen atoms in total. The van der Waals surface area contributed by atoms with Crippen LogP contribution in [0.4, 0.5) is 4.39 Å². The number of hydrogen-bond acceptors (Lipinski definition) is 3. The molecule has 2 heterocycles. The number of fused-ring (bicyclic) bond motifs is 1. The van der Waals surface area contributed by atoms with Crippen LogP contribution in [-0.2, 0) is 11.8 Å². The molecule has 0 unspecified atom stereocenters. The van der Waals surface area contributed by atoms with Crippen LogP contribution in [0.1, 0.15) is 6.42 Å². The lowest BCUT2D eigenvalue weighted by Crippen LogP contribution is -2.37. The minimum absolute atomic E-state index is 0. The van der Waals surface area contributed by atoms with E-state index in [4.69, 9.17) is 0 Å². The fourth-order valence-electron chi connectivity index (χ4n) is 2.78. The number of carbonyl (C=O) groups is 1. The molecule has 0 saturated carbocycles. The SMILES string of the molecule is Cl.Cn1cc(SCC(=O)NC[C@@H]2C[C@H](F)CN2)c2ccccc21. The summed E-state index contributed by atoms with van der Waals surface area (Å²) in [5, 5.41) is 7.10. The third kappa shape index (κ3) is 4.40. The molecule has 2 aromatic rings. The highest BCUT2D eigenvalue weighted by atomic mass is 35.5. The molecule has 0 radical (unpaired) electrons. The van der Waals surface area contributed by atoms with Gasteiger partial charge in [-0.05, 0) is 12.5 Å². The second-order valence-electron chi connectivity index (χ2n) is 5.65. The van der Waals surface area contributed by atoms with Crippen molar-refractivity contribution in [1.29, 1.82) is 0 Å². The molecule has 0 spiro atoms. The molecule has 7 heteroatoms. The Hall–Kier alpha value is -1.24. The van der Waals surface area contributed by atoms with E-state index in [1.165, 1.54) is 17.1 Å². The van der Waals surface area contributed by atoms with Gasteiger partial charge in [0.05, 0.1) is 5.75 Å². The van der Waals surface area contributed by atoms with E-state index < -0.39 is 6.17 Å². The first-order chi connectivity index (χ1) is 10.6. The Labute approximate surface area is 145 Å². The molecule has 3 rings (SSSR count). The summed E-state index contributed by atoms with van der Waals surface area (Å²) in [6.07, 6.45) is 1.75. The van der Waals surface area contributed by atoms with Gasteiger partial charge >= 0.3 is 0 Å². The van der Waals surface area contributed by atoms with Crippen molar-refractivity contribution in [3.05, 3.63) is 30.5 Å². The third-order valence-corrected chi connectivity index (χ3v) is 4.98. The van der Waals surface area contributed by atoms with Gasteiger partial charge in [0, 0.05) is 48.2 Å². The van der Waals surface area contributed by atoms with Crippen LogP contribution in [-0.4, -0.2) is 41.5 Å². The average molecular weight is 358 g/mol. The summed E-state index contributed by atoms with van der Waals surface area (Å²) in [6.45, 7) is 0.890. The number of halogens is 2. The van der Waals surface area contributed by atoms with Gasteiger partial charge in [-0.3, -0.25) is 4.79 Å². The number of rotatable bonds is 5. The molecule has 2 N–H and O–H groups in total. The zero-order valence-corrected chi connectivity index (χ0v) is 14.6. The third-order valence-electron chi connectivity index (χ3n) is 3.93. The van der Waals surface area contributed by atoms with Crippen LogP contribution in [0.2, 0.25) is 0 Å². The van der Waals surface area contributed by atoms with E-state index in [1.807, 2.05) is 19.2 Å². The summed E-state index contributed by atoms with van der Waals surface area (Å²) in [6, 6.07) is 8.21. The topological polar surface area (TPSA) is 46.1 Å². The number of nitrogens with zero attached hydrogens (tertiary/aromatic N) is 1. The predicted octanol–water partition coefficient (Wildman–Crippen LogP) is 2.51. The number of thioether (sulfide) groups is 1. The second kappa shape index (κ2) is 8.04. The van der Waals surface area contributed by atoms with Crippen LogP contribution in [0.15, 0.2) is 35.4 Å². The van der Waals surface area contributed by atoms with Crippen LogP contribution in [0.3, 0.4) is 0 Å². The monoisotopic (exact) mass is 357 g/mol. The number of amides is 1. The minimum atomic E-state index is -0.785. The van der Waals surface area contributed by atoms with Gasteiger partial charge in [0.2, 0.25) is 5.91 Å². The second-order valence-corrected chi connectivity index (χ2v) is 6.67. The van der Waals surface area contributed by atoms with Crippen molar-refractivity contribution in [3.63, 3.8) is 0 Å². The van der Waals surface area contributed by atoms with Crippen molar-refractivity contribution >= 4 is 41.0 Å². The van der Waals surface area contributed by atoms with E-state index in [0.717, 1.165) is 10.4 Å². The first-order valence-electron chi connectivity index (χ1n) is 7.44. The smallest absolute Gasteiger partial charge is 0.230 e. The zero-order chi connectivity index (χ0) is 15.5. The molecular weight excluding hydrogens is 337 g/mol.